The maximum absolute atomic E-state index is 16.8. The van der Waals surface area contributed by atoms with Gasteiger partial charge in [-0.3, -0.25) is 4.79 Å². The lowest BCUT2D eigenvalue weighted by Crippen LogP contribution is -2.51. The third-order valence-electron chi connectivity index (χ3n) is 8.02. The third kappa shape index (κ3) is 5.65. The standard InChI is InChI=1S/C31H36F4N2O3SSi/c1-18(2)42(19(3)4,20(5)6)40-28-23(9-8-10-27(28)39-7)30-37(31(35)15-25(33)24(17-38)26(34)16-31)36-29(41-30)21-11-13-22(32)14-12-21/h8-15,17-20,30H,16H2,1-7H3. The molecule has 2 atom stereocenters. The SMILES string of the molecule is COc1cccc(C2SC(c3ccc(F)cc3)=NN2C2(F)C=C(F)C(C=O)=C(F)C2)c1O[Si](C(C)C)(C(C)C)C(C)C. The molecule has 1 aliphatic carbocycles. The summed E-state index contributed by atoms with van der Waals surface area (Å²) in [5.74, 6) is -4.87. The van der Waals surface area contributed by atoms with Crippen molar-refractivity contribution in [2.75, 3.05) is 7.11 Å². The van der Waals surface area contributed by atoms with Gasteiger partial charge in [-0.05, 0) is 47.0 Å². The number of ether oxygens (including phenoxy) is 1. The van der Waals surface area contributed by atoms with Crippen LogP contribution in [-0.2, 0) is 4.79 Å². The van der Waals surface area contributed by atoms with Crippen molar-refractivity contribution in [2.45, 2.75) is 75.8 Å². The normalized spacial score (nSPS) is 21.3. The van der Waals surface area contributed by atoms with Crippen LogP contribution in [0.1, 0.15) is 64.5 Å². The van der Waals surface area contributed by atoms with E-state index in [-0.39, 0.29) is 22.9 Å². The van der Waals surface area contributed by atoms with E-state index in [0.29, 0.717) is 33.7 Å². The molecule has 0 radical (unpaired) electrons. The molecule has 5 nitrogen and oxygen atoms in total. The maximum atomic E-state index is 16.8. The molecule has 2 aromatic carbocycles. The topological polar surface area (TPSA) is 51.1 Å². The van der Waals surface area contributed by atoms with Crippen LogP contribution in [0.25, 0.3) is 0 Å². The zero-order valence-corrected chi connectivity index (χ0v) is 26.6. The zero-order chi connectivity index (χ0) is 31.0. The molecule has 1 aliphatic heterocycles. The van der Waals surface area contributed by atoms with Crippen LogP contribution in [0.2, 0.25) is 16.6 Å². The Kier molecular flexibility index (Phi) is 9.32. The summed E-state index contributed by atoms with van der Waals surface area (Å²) in [5, 5.41) is 4.88. The molecule has 2 unspecified atom stereocenters. The fourth-order valence-electron chi connectivity index (χ4n) is 6.08. The van der Waals surface area contributed by atoms with Crippen LogP contribution in [0.5, 0.6) is 11.5 Å². The molecule has 0 saturated heterocycles. The Morgan fingerprint density at radius 3 is 2.17 bits per heavy atom. The predicted molar refractivity (Wildman–Crippen MR) is 162 cm³/mol. The molecule has 4 rings (SSSR count). The largest absolute Gasteiger partial charge is 0.540 e. The summed E-state index contributed by atoms with van der Waals surface area (Å²) in [6, 6.07) is 10.8. The fraction of sp³-hybridized carbons (Fsp3) is 0.419. The molecule has 2 aliphatic rings. The van der Waals surface area contributed by atoms with Crippen molar-refractivity contribution in [2.24, 2.45) is 5.10 Å². The summed E-state index contributed by atoms with van der Waals surface area (Å²) in [4.78, 5) is 11.3. The number of rotatable bonds is 10. The highest BCUT2D eigenvalue weighted by atomic mass is 32.2. The highest BCUT2D eigenvalue weighted by Gasteiger charge is 2.51. The number of carbonyl (C=O) groups excluding carboxylic acids is 1. The minimum absolute atomic E-state index is 0.0339. The van der Waals surface area contributed by atoms with Crippen molar-refractivity contribution in [1.82, 2.24) is 5.01 Å². The first-order valence-corrected chi connectivity index (χ1v) is 16.9. The smallest absolute Gasteiger partial charge is 0.258 e. The summed E-state index contributed by atoms with van der Waals surface area (Å²) in [5.41, 5.74) is 0.812. The number of hydrazone groups is 1. The Bertz CT molecular complexity index is 1410. The molecule has 0 aromatic heterocycles. The molecule has 11 heteroatoms. The second-order valence-corrected chi connectivity index (χ2v) is 17.9. The van der Waals surface area contributed by atoms with Crippen LogP contribution in [0, 0.1) is 5.82 Å². The van der Waals surface area contributed by atoms with Crippen LogP contribution in [0.3, 0.4) is 0 Å². The van der Waals surface area contributed by atoms with Gasteiger partial charge in [0.1, 0.15) is 27.9 Å². The Labute approximate surface area is 249 Å². The van der Waals surface area contributed by atoms with Crippen molar-refractivity contribution in [3.05, 3.63) is 82.7 Å². The van der Waals surface area contributed by atoms with Gasteiger partial charge in [-0.2, -0.15) is 5.10 Å². The van der Waals surface area contributed by atoms with Gasteiger partial charge >= 0.3 is 0 Å². The van der Waals surface area contributed by atoms with Crippen LogP contribution in [0.15, 0.2) is 70.9 Å². The summed E-state index contributed by atoms with van der Waals surface area (Å²) >= 11 is 1.15. The van der Waals surface area contributed by atoms with Gasteiger partial charge in [0.05, 0.1) is 19.1 Å². The van der Waals surface area contributed by atoms with E-state index < -0.39 is 48.9 Å². The second-order valence-electron chi connectivity index (χ2n) is 11.4. The Morgan fingerprint density at radius 1 is 1.02 bits per heavy atom. The summed E-state index contributed by atoms with van der Waals surface area (Å²) in [6.07, 6.45) is -0.304. The van der Waals surface area contributed by atoms with Gasteiger partial charge in [-0.1, -0.05) is 65.4 Å². The van der Waals surface area contributed by atoms with E-state index in [4.69, 9.17) is 9.16 Å². The number of benzene rings is 2. The van der Waals surface area contributed by atoms with Gasteiger partial charge in [-0.15, -0.1) is 0 Å². The monoisotopic (exact) mass is 620 g/mol. The molecule has 0 N–H and O–H groups in total. The van der Waals surface area contributed by atoms with E-state index in [2.05, 4.69) is 46.6 Å². The van der Waals surface area contributed by atoms with E-state index in [1.54, 1.807) is 18.2 Å². The van der Waals surface area contributed by atoms with Crippen LogP contribution >= 0.6 is 11.8 Å². The Balaban J connectivity index is 1.91. The first-order chi connectivity index (χ1) is 19.8. The molecule has 0 spiro atoms. The van der Waals surface area contributed by atoms with Gasteiger partial charge in [0.2, 0.25) is 5.79 Å². The van der Waals surface area contributed by atoms with Gasteiger partial charge in [0.15, 0.2) is 17.8 Å². The number of allylic oxidation sites excluding steroid dienone is 2. The number of hydrogen-bond acceptors (Lipinski definition) is 6. The van der Waals surface area contributed by atoms with Gasteiger partial charge < -0.3 is 9.16 Å². The number of halogens is 4. The van der Waals surface area contributed by atoms with E-state index in [1.165, 1.54) is 31.4 Å². The van der Waals surface area contributed by atoms with E-state index in [1.807, 2.05) is 0 Å². The number of methoxy groups -OCH3 is 1. The van der Waals surface area contributed by atoms with Crippen molar-refractivity contribution in [3.63, 3.8) is 0 Å². The third-order valence-corrected chi connectivity index (χ3v) is 15.2. The molecular formula is C31H36F4N2O3SSi. The average molecular weight is 621 g/mol. The molecule has 0 fully saturated rings. The van der Waals surface area contributed by atoms with Gasteiger partial charge in [-0.25, -0.2) is 22.6 Å². The van der Waals surface area contributed by atoms with Gasteiger partial charge in [0, 0.05) is 17.2 Å². The number of alkyl halides is 1. The Morgan fingerprint density at radius 2 is 1.64 bits per heavy atom. The number of hydrogen-bond donors (Lipinski definition) is 0. The first kappa shape index (κ1) is 31.9. The first-order valence-electron chi connectivity index (χ1n) is 13.9. The summed E-state index contributed by atoms with van der Waals surface area (Å²) in [7, 11) is -1.04. The molecule has 226 valence electrons. The predicted octanol–water partition coefficient (Wildman–Crippen LogP) is 9.14. The highest BCUT2D eigenvalue weighted by molar-refractivity contribution is 8.14. The minimum Gasteiger partial charge on any atom is -0.540 e. The van der Waals surface area contributed by atoms with Crippen molar-refractivity contribution in [3.8, 4) is 11.5 Å². The van der Waals surface area contributed by atoms with Crippen LogP contribution < -0.4 is 9.16 Å². The highest BCUT2D eigenvalue weighted by Crippen LogP contribution is 2.54. The second kappa shape index (κ2) is 12.3. The van der Waals surface area contributed by atoms with Crippen LogP contribution in [-0.4, -0.2) is 37.6 Å². The van der Waals surface area contributed by atoms with Gasteiger partial charge in [0.25, 0.3) is 8.32 Å². The molecule has 1 heterocycles. The molecule has 0 amide bonds. The summed E-state index contributed by atoms with van der Waals surface area (Å²) < 4.78 is 73.1. The molecule has 0 bridgehead atoms. The molecule has 42 heavy (non-hydrogen) atoms. The number of aldehydes is 1. The van der Waals surface area contributed by atoms with Crippen molar-refractivity contribution in [1.29, 1.82) is 0 Å². The molecular weight excluding hydrogens is 584 g/mol. The van der Waals surface area contributed by atoms with E-state index >= 15 is 4.39 Å². The van der Waals surface area contributed by atoms with Crippen LogP contribution in [0.4, 0.5) is 17.6 Å². The summed E-state index contributed by atoms with van der Waals surface area (Å²) in [6.45, 7) is 12.8. The Hall–Kier alpha value is -3.05. The quantitative estimate of drug-likeness (QED) is 0.115. The minimum atomic E-state index is -2.76. The lowest BCUT2D eigenvalue weighted by Gasteiger charge is -2.43. The van der Waals surface area contributed by atoms with Crippen molar-refractivity contribution < 1.29 is 31.5 Å². The zero-order valence-electron chi connectivity index (χ0n) is 24.8. The van der Waals surface area contributed by atoms with Crippen molar-refractivity contribution >= 4 is 31.4 Å². The average Bonchev–Trinajstić information content (AvgIpc) is 3.37. The number of carbonyl (C=O) groups is 1. The molecule has 2 aromatic rings. The number of nitrogens with zero attached hydrogens (tertiary/aromatic N) is 2. The maximum Gasteiger partial charge on any atom is 0.258 e. The lowest BCUT2D eigenvalue weighted by atomic mass is 9.98. The number of para-hydroxylation sites is 1. The lowest BCUT2D eigenvalue weighted by molar-refractivity contribution is -0.105. The van der Waals surface area contributed by atoms with E-state index in [9.17, 15) is 18.0 Å². The fourth-order valence-corrected chi connectivity index (χ4v) is 12.6. The molecule has 0 saturated carbocycles. The van der Waals surface area contributed by atoms with E-state index in [0.717, 1.165) is 16.8 Å². The number of thioether (sulfide) groups is 1.